The van der Waals surface area contributed by atoms with Gasteiger partial charge in [-0.2, -0.15) is 5.10 Å². The summed E-state index contributed by atoms with van der Waals surface area (Å²) in [4.78, 5) is 16.5. The van der Waals surface area contributed by atoms with Gasteiger partial charge in [0.2, 0.25) is 0 Å². The van der Waals surface area contributed by atoms with Crippen LogP contribution in [0.25, 0.3) is 0 Å². The van der Waals surface area contributed by atoms with Crippen molar-refractivity contribution in [3.05, 3.63) is 65.5 Å². The van der Waals surface area contributed by atoms with E-state index in [1.165, 1.54) is 5.01 Å². The van der Waals surface area contributed by atoms with Crippen molar-refractivity contribution < 1.29 is 4.79 Å². The molecule has 100 valence electrons. The number of amides is 1. The molecule has 20 heavy (non-hydrogen) atoms. The lowest BCUT2D eigenvalue weighted by molar-refractivity contribution is 0.0778. The highest BCUT2D eigenvalue weighted by molar-refractivity contribution is 6.04. The van der Waals surface area contributed by atoms with Gasteiger partial charge in [-0.3, -0.25) is 9.78 Å². The molecule has 1 aromatic heterocycles. The molecule has 0 radical (unpaired) electrons. The average molecular weight is 265 g/mol. The normalized spacial score (nSPS) is 14.2. The molecule has 0 bridgehead atoms. The van der Waals surface area contributed by atoms with Crippen LogP contribution in [-0.4, -0.2) is 28.2 Å². The van der Waals surface area contributed by atoms with E-state index >= 15 is 0 Å². The van der Waals surface area contributed by atoms with Crippen molar-refractivity contribution in [2.45, 2.75) is 13.3 Å². The number of benzene rings is 1. The number of nitrogens with zero attached hydrogens (tertiary/aromatic N) is 3. The third-order valence-corrected chi connectivity index (χ3v) is 3.30. The molecule has 0 unspecified atom stereocenters. The topological polar surface area (TPSA) is 45.6 Å². The fourth-order valence-corrected chi connectivity index (χ4v) is 2.18. The summed E-state index contributed by atoms with van der Waals surface area (Å²) in [6.07, 6.45) is 2.39. The highest BCUT2D eigenvalue weighted by Gasteiger charge is 2.22. The minimum Gasteiger partial charge on any atom is -0.267 e. The summed E-state index contributed by atoms with van der Waals surface area (Å²) >= 11 is 0. The van der Waals surface area contributed by atoms with Crippen LogP contribution in [0.15, 0.2) is 53.8 Å². The van der Waals surface area contributed by atoms with E-state index in [0.29, 0.717) is 12.1 Å². The first kappa shape index (κ1) is 12.5. The summed E-state index contributed by atoms with van der Waals surface area (Å²) < 4.78 is 0. The van der Waals surface area contributed by atoms with E-state index in [9.17, 15) is 4.79 Å². The van der Waals surface area contributed by atoms with Gasteiger partial charge in [-0.15, -0.1) is 0 Å². The maximum absolute atomic E-state index is 12.3. The maximum Gasteiger partial charge on any atom is 0.275 e. The van der Waals surface area contributed by atoms with Crippen LogP contribution in [0.2, 0.25) is 0 Å². The molecule has 4 heteroatoms. The van der Waals surface area contributed by atoms with E-state index in [4.69, 9.17) is 0 Å². The zero-order chi connectivity index (χ0) is 13.9. The number of hydrogen-bond acceptors (Lipinski definition) is 3. The van der Waals surface area contributed by atoms with Crippen LogP contribution < -0.4 is 0 Å². The summed E-state index contributed by atoms with van der Waals surface area (Å²) in [5.74, 6) is -0.0940. The van der Waals surface area contributed by atoms with Crippen molar-refractivity contribution in [3.63, 3.8) is 0 Å². The Morgan fingerprint density at radius 2 is 1.95 bits per heavy atom. The Labute approximate surface area is 117 Å². The van der Waals surface area contributed by atoms with Gasteiger partial charge in [0.15, 0.2) is 0 Å². The van der Waals surface area contributed by atoms with Gasteiger partial charge < -0.3 is 0 Å². The molecule has 1 aliphatic rings. The molecule has 0 saturated carbocycles. The van der Waals surface area contributed by atoms with Crippen molar-refractivity contribution in [2.24, 2.45) is 5.10 Å². The first-order valence-corrected chi connectivity index (χ1v) is 6.61. The van der Waals surface area contributed by atoms with Gasteiger partial charge in [0, 0.05) is 18.3 Å². The van der Waals surface area contributed by atoms with Crippen LogP contribution in [0.4, 0.5) is 0 Å². The van der Waals surface area contributed by atoms with Gasteiger partial charge >= 0.3 is 0 Å². The third kappa shape index (κ3) is 2.45. The Balaban J connectivity index is 1.81. The lowest BCUT2D eigenvalue weighted by atomic mass is 10.1. The minimum absolute atomic E-state index is 0.0940. The number of aromatic nitrogens is 1. The molecule has 0 fully saturated rings. The highest BCUT2D eigenvalue weighted by atomic mass is 16.2. The molecule has 0 spiro atoms. The minimum atomic E-state index is -0.0940. The Morgan fingerprint density at radius 3 is 2.65 bits per heavy atom. The number of pyridine rings is 1. The van der Waals surface area contributed by atoms with Crippen LogP contribution in [0.1, 0.15) is 28.0 Å². The molecule has 0 saturated heterocycles. The number of aryl methyl sites for hydroxylation is 1. The van der Waals surface area contributed by atoms with Gasteiger partial charge in [-0.05, 0) is 24.6 Å². The van der Waals surface area contributed by atoms with E-state index in [-0.39, 0.29) is 5.91 Å². The lowest BCUT2D eigenvalue weighted by Crippen LogP contribution is -2.23. The Hall–Kier alpha value is -2.49. The summed E-state index contributed by atoms with van der Waals surface area (Å²) in [6, 6.07) is 13.6. The molecule has 3 rings (SSSR count). The number of carbonyl (C=O) groups excluding carboxylic acids is 1. The Kier molecular flexibility index (Phi) is 3.29. The first-order valence-electron chi connectivity index (χ1n) is 6.61. The number of hydrogen-bond donors (Lipinski definition) is 0. The predicted molar refractivity (Wildman–Crippen MR) is 77.6 cm³/mol. The van der Waals surface area contributed by atoms with Crippen LogP contribution in [-0.2, 0) is 0 Å². The molecule has 1 amide bonds. The first-order chi connectivity index (χ1) is 9.74. The van der Waals surface area contributed by atoms with E-state index in [1.807, 2.05) is 43.3 Å². The highest BCUT2D eigenvalue weighted by Crippen LogP contribution is 2.16. The second kappa shape index (κ2) is 5.25. The fourth-order valence-electron chi connectivity index (χ4n) is 2.18. The average Bonchev–Trinajstić information content (AvgIpc) is 2.98. The van der Waals surface area contributed by atoms with Gasteiger partial charge in [0.1, 0.15) is 0 Å². The number of rotatable bonds is 2. The molecule has 2 heterocycles. The van der Waals surface area contributed by atoms with Gasteiger partial charge in [0.25, 0.3) is 5.91 Å². The molecule has 0 N–H and O–H groups in total. The molecule has 0 aliphatic carbocycles. The van der Waals surface area contributed by atoms with Crippen LogP contribution in [0, 0.1) is 6.92 Å². The second-order valence-electron chi connectivity index (χ2n) is 4.78. The molecule has 4 nitrogen and oxygen atoms in total. The van der Waals surface area contributed by atoms with Crippen molar-refractivity contribution in [1.82, 2.24) is 9.99 Å². The molecule has 1 aromatic carbocycles. The molecule has 0 atom stereocenters. The lowest BCUT2D eigenvalue weighted by Gasteiger charge is -2.10. The van der Waals surface area contributed by atoms with Crippen molar-refractivity contribution in [2.75, 3.05) is 6.54 Å². The zero-order valence-electron chi connectivity index (χ0n) is 11.3. The second-order valence-corrected chi connectivity index (χ2v) is 4.78. The number of hydrazone groups is 1. The van der Waals surface area contributed by atoms with E-state index in [2.05, 4.69) is 10.1 Å². The molecule has 1 aliphatic heterocycles. The third-order valence-electron chi connectivity index (χ3n) is 3.30. The quantitative estimate of drug-likeness (QED) is 0.838. The van der Waals surface area contributed by atoms with E-state index in [1.54, 1.807) is 12.3 Å². The Bertz CT molecular complexity index is 647. The van der Waals surface area contributed by atoms with Crippen molar-refractivity contribution in [3.8, 4) is 0 Å². The van der Waals surface area contributed by atoms with Crippen LogP contribution >= 0.6 is 0 Å². The van der Waals surface area contributed by atoms with Crippen molar-refractivity contribution in [1.29, 1.82) is 0 Å². The summed E-state index contributed by atoms with van der Waals surface area (Å²) in [5, 5.41) is 5.95. The summed E-state index contributed by atoms with van der Waals surface area (Å²) in [7, 11) is 0. The zero-order valence-corrected chi connectivity index (χ0v) is 11.3. The van der Waals surface area contributed by atoms with Gasteiger partial charge in [-0.25, -0.2) is 5.01 Å². The van der Waals surface area contributed by atoms with E-state index < -0.39 is 0 Å². The Morgan fingerprint density at radius 1 is 1.15 bits per heavy atom. The van der Waals surface area contributed by atoms with Gasteiger partial charge in [0.05, 0.1) is 17.8 Å². The monoisotopic (exact) mass is 265 g/mol. The predicted octanol–water partition coefficient (Wildman–Crippen LogP) is 2.64. The summed E-state index contributed by atoms with van der Waals surface area (Å²) in [5.41, 5.74) is 3.51. The van der Waals surface area contributed by atoms with Crippen molar-refractivity contribution >= 4 is 11.6 Å². The summed E-state index contributed by atoms with van der Waals surface area (Å²) in [6.45, 7) is 2.52. The largest absolute Gasteiger partial charge is 0.275 e. The van der Waals surface area contributed by atoms with Crippen LogP contribution in [0.3, 0.4) is 0 Å². The smallest absolute Gasteiger partial charge is 0.267 e. The molecular weight excluding hydrogens is 250 g/mol. The maximum atomic E-state index is 12.3. The molecule has 2 aromatic rings. The van der Waals surface area contributed by atoms with Gasteiger partial charge in [-0.1, -0.05) is 30.3 Å². The van der Waals surface area contributed by atoms with Crippen LogP contribution in [0.5, 0.6) is 0 Å². The van der Waals surface area contributed by atoms with E-state index in [0.717, 1.165) is 23.4 Å². The molecular formula is C16H15N3O. The number of carbonyl (C=O) groups is 1. The standard InChI is InChI=1S/C16H15N3O/c1-12-7-8-14(11-17-12)16(20)19-10-9-15(18-19)13-5-3-2-4-6-13/h2-8,11H,9-10H2,1H3. The fraction of sp³-hybridized carbons (Fsp3) is 0.188. The SMILES string of the molecule is Cc1ccc(C(=O)N2CCC(c3ccccc3)=N2)cn1.